The van der Waals surface area contributed by atoms with Crippen LogP contribution in [0.5, 0.6) is 0 Å². The molecule has 2 aromatic rings. The fourth-order valence-electron chi connectivity index (χ4n) is 1.38. The van der Waals surface area contributed by atoms with Crippen LogP contribution >= 0.6 is 27.3 Å². The third kappa shape index (κ3) is 2.49. The third-order valence-electron chi connectivity index (χ3n) is 2.13. The summed E-state index contributed by atoms with van der Waals surface area (Å²) in [7, 11) is 0. The van der Waals surface area contributed by atoms with Crippen molar-refractivity contribution in [2.24, 2.45) is 0 Å². The molecule has 0 radical (unpaired) electrons. The summed E-state index contributed by atoms with van der Waals surface area (Å²) in [5.74, 6) is 0.387. The molecule has 0 unspecified atom stereocenters. The molecule has 1 N–H and O–H groups in total. The molecule has 0 saturated carbocycles. The van der Waals surface area contributed by atoms with Crippen LogP contribution in [0.15, 0.2) is 22.1 Å². The average molecular weight is 329 g/mol. The minimum Gasteiger partial charge on any atom is -0.354 e. The minimum absolute atomic E-state index is 0.0974. The molecular formula is C10H9BrN4O2S. The van der Waals surface area contributed by atoms with E-state index in [-0.39, 0.29) is 5.69 Å². The summed E-state index contributed by atoms with van der Waals surface area (Å²) in [6, 6.07) is 1.83. The van der Waals surface area contributed by atoms with Gasteiger partial charge in [-0.15, -0.1) is 11.3 Å². The Kier molecular flexibility index (Phi) is 3.87. The van der Waals surface area contributed by atoms with Gasteiger partial charge in [0.15, 0.2) is 5.69 Å². The molecule has 0 aromatic carbocycles. The van der Waals surface area contributed by atoms with Crippen LogP contribution in [0.3, 0.4) is 0 Å². The molecule has 0 bridgehead atoms. The van der Waals surface area contributed by atoms with Crippen LogP contribution in [-0.2, 0) is 0 Å². The van der Waals surface area contributed by atoms with Crippen molar-refractivity contribution in [2.45, 2.75) is 6.92 Å². The summed E-state index contributed by atoms with van der Waals surface area (Å²) in [5.41, 5.74) is 0.229. The molecule has 2 rings (SSSR count). The second kappa shape index (κ2) is 5.40. The normalized spacial score (nSPS) is 10.3. The number of thiophene rings is 1. The fourth-order valence-corrected chi connectivity index (χ4v) is 2.94. The number of hydrogen-bond donors (Lipinski definition) is 1. The van der Waals surface area contributed by atoms with Crippen LogP contribution in [0.25, 0.3) is 10.6 Å². The van der Waals surface area contributed by atoms with Gasteiger partial charge in [0.05, 0.1) is 9.80 Å². The topological polar surface area (TPSA) is 81.0 Å². The second-order valence-electron chi connectivity index (χ2n) is 3.31. The van der Waals surface area contributed by atoms with Gasteiger partial charge in [-0.05, 0) is 34.3 Å². The summed E-state index contributed by atoms with van der Waals surface area (Å²) in [6.45, 7) is 2.56. The maximum atomic E-state index is 11.0. The number of anilines is 1. The molecule has 6 nitrogen and oxygen atoms in total. The lowest BCUT2D eigenvalue weighted by molar-refractivity contribution is -0.384. The maximum Gasteiger partial charge on any atom is 0.314 e. The number of rotatable bonds is 4. The van der Waals surface area contributed by atoms with E-state index in [1.165, 1.54) is 17.5 Å². The largest absolute Gasteiger partial charge is 0.354 e. The summed E-state index contributed by atoms with van der Waals surface area (Å²) in [4.78, 5) is 19.4. The van der Waals surface area contributed by atoms with E-state index in [9.17, 15) is 10.1 Å². The molecule has 2 aromatic heterocycles. The van der Waals surface area contributed by atoms with E-state index in [4.69, 9.17) is 0 Å². The number of nitro groups is 1. The van der Waals surface area contributed by atoms with E-state index in [0.29, 0.717) is 18.2 Å². The van der Waals surface area contributed by atoms with Gasteiger partial charge in [-0.1, -0.05) is 0 Å². The van der Waals surface area contributed by atoms with Gasteiger partial charge in [0.1, 0.15) is 6.20 Å². The molecule has 0 aliphatic carbocycles. The predicted molar refractivity (Wildman–Crippen MR) is 73.9 cm³/mol. The lowest BCUT2D eigenvalue weighted by Gasteiger charge is -2.04. The minimum atomic E-state index is -0.475. The maximum absolute atomic E-state index is 11.0. The van der Waals surface area contributed by atoms with Gasteiger partial charge in [-0.2, -0.15) is 0 Å². The van der Waals surface area contributed by atoms with Gasteiger partial charge < -0.3 is 5.32 Å². The van der Waals surface area contributed by atoms with Crippen molar-refractivity contribution in [2.75, 3.05) is 11.9 Å². The number of nitrogens with one attached hydrogen (secondary N) is 1. The van der Waals surface area contributed by atoms with Crippen molar-refractivity contribution in [3.05, 3.63) is 32.2 Å². The Morgan fingerprint density at radius 2 is 2.39 bits per heavy atom. The Hall–Kier alpha value is -1.54. The Balaban J connectivity index is 2.58. The molecule has 0 amide bonds. The van der Waals surface area contributed by atoms with Crippen LogP contribution in [0.1, 0.15) is 6.92 Å². The molecule has 94 valence electrons. The molecule has 0 atom stereocenters. The van der Waals surface area contributed by atoms with E-state index < -0.39 is 4.92 Å². The van der Waals surface area contributed by atoms with Gasteiger partial charge in [0.25, 0.3) is 0 Å². The zero-order valence-corrected chi connectivity index (χ0v) is 11.8. The zero-order valence-electron chi connectivity index (χ0n) is 9.38. The van der Waals surface area contributed by atoms with E-state index in [1.807, 2.05) is 18.4 Å². The summed E-state index contributed by atoms with van der Waals surface area (Å²) >= 11 is 4.75. The molecule has 0 aliphatic rings. The zero-order chi connectivity index (χ0) is 13.1. The highest BCUT2D eigenvalue weighted by atomic mass is 79.9. The SMILES string of the molecule is CCNc1ncc([N+](=O)[O-])c(-c2sccc2Br)n1. The van der Waals surface area contributed by atoms with Crippen molar-refractivity contribution in [3.63, 3.8) is 0 Å². The number of hydrogen-bond acceptors (Lipinski definition) is 6. The van der Waals surface area contributed by atoms with Crippen LogP contribution in [0, 0.1) is 10.1 Å². The molecule has 0 fully saturated rings. The van der Waals surface area contributed by atoms with Gasteiger partial charge >= 0.3 is 5.69 Å². The van der Waals surface area contributed by atoms with Crippen molar-refractivity contribution < 1.29 is 4.92 Å². The molecule has 2 heterocycles. The molecular weight excluding hydrogens is 320 g/mol. The summed E-state index contributed by atoms with van der Waals surface area (Å²) in [6.07, 6.45) is 1.23. The molecule has 0 saturated heterocycles. The van der Waals surface area contributed by atoms with Crippen LogP contribution in [0.4, 0.5) is 11.6 Å². The second-order valence-corrected chi connectivity index (χ2v) is 5.08. The summed E-state index contributed by atoms with van der Waals surface area (Å²) < 4.78 is 0.789. The standard InChI is InChI=1S/C10H9BrN4O2S/c1-2-12-10-13-5-7(15(16)17)8(14-10)9-6(11)3-4-18-9/h3-5H,2H2,1H3,(H,12,13,14). The highest BCUT2D eigenvalue weighted by molar-refractivity contribution is 9.10. The molecule has 8 heteroatoms. The van der Waals surface area contributed by atoms with Crippen molar-refractivity contribution in [1.82, 2.24) is 9.97 Å². The first kappa shape index (κ1) is 12.9. The van der Waals surface area contributed by atoms with E-state index >= 15 is 0 Å². The molecule has 18 heavy (non-hydrogen) atoms. The molecule has 0 aliphatic heterocycles. The van der Waals surface area contributed by atoms with Crippen LogP contribution < -0.4 is 5.32 Å². The monoisotopic (exact) mass is 328 g/mol. The van der Waals surface area contributed by atoms with Crippen molar-refractivity contribution in [1.29, 1.82) is 0 Å². The number of aromatic nitrogens is 2. The third-order valence-corrected chi connectivity index (χ3v) is 3.98. The predicted octanol–water partition coefficient (Wildman–Crippen LogP) is 3.31. The highest BCUT2D eigenvalue weighted by Gasteiger charge is 2.21. The van der Waals surface area contributed by atoms with Gasteiger partial charge in [0, 0.05) is 11.0 Å². The molecule has 0 spiro atoms. The number of halogens is 1. The van der Waals surface area contributed by atoms with Crippen LogP contribution in [-0.4, -0.2) is 21.4 Å². The summed E-state index contributed by atoms with van der Waals surface area (Å²) in [5, 5.41) is 15.8. The Labute approximate surface area is 115 Å². The van der Waals surface area contributed by atoms with E-state index in [0.717, 1.165) is 9.35 Å². The van der Waals surface area contributed by atoms with Crippen LogP contribution in [0.2, 0.25) is 0 Å². The first-order chi connectivity index (χ1) is 8.63. The number of nitrogens with zero attached hydrogens (tertiary/aromatic N) is 3. The van der Waals surface area contributed by atoms with Gasteiger partial charge in [-0.25, -0.2) is 9.97 Å². The van der Waals surface area contributed by atoms with E-state index in [2.05, 4.69) is 31.2 Å². The fraction of sp³-hybridized carbons (Fsp3) is 0.200. The lowest BCUT2D eigenvalue weighted by Crippen LogP contribution is -2.04. The lowest BCUT2D eigenvalue weighted by atomic mass is 10.3. The first-order valence-electron chi connectivity index (χ1n) is 5.12. The van der Waals surface area contributed by atoms with Gasteiger partial charge in [-0.3, -0.25) is 10.1 Å². The van der Waals surface area contributed by atoms with Gasteiger partial charge in [0.2, 0.25) is 5.95 Å². The Bertz CT molecular complexity index is 587. The van der Waals surface area contributed by atoms with Crippen molar-refractivity contribution in [3.8, 4) is 10.6 Å². The smallest absolute Gasteiger partial charge is 0.314 e. The first-order valence-corrected chi connectivity index (χ1v) is 6.79. The van der Waals surface area contributed by atoms with E-state index in [1.54, 1.807) is 0 Å². The Morgan fingerprint density at radius 1 is 1.61 bits per heavy atom. The average Bonchev–Trinajstić information content (AvgIpc) is 2.75. The van der Waals surface area contributed by atoms with Crippen molar-refractivity contribution >= 4 is 38.9 Å². The quantitative estimate of drug-likeness (QED) is 0.687. The highest BCUT2D eigenvalue weighted by Crippen LogP contribution is 2.37. The Morgan fingerprint density at radius 3 is 2.94 bits per heavy atom.